The van der Waals surface area contributed by atoms with Crippen LogP contribution in [0.2, 0.25) is 0 Å². The van der Waals surface area contributed by atoms with E-state index in [1.165, 1.54) is 17.0 Å². The standard InChI is InChI=1S/C19H29F3N4O/c1-5-18(27)26(17-8-6-7-16(23-17)19(20,21)22)10-9-25-12-15(13-25)24(4)11-14(2)3/h6-8,14-15H,5,9-13H2,1-4H3. The summed E-state index contributed by atoms with van der Waals surface area (Å²) in [5, 5.41) is 0. The average Bonchev–Trinajstić information content (AvgIpc) is 2.54. The van der Waals surface area contributed by atoms with Crippen molar-refractivity contribution in [3.05, 3.63) is 23.9 Å². The first-order chi connectivity index (χ1) is 12.6. The molecule has 0 spiro atoms. The van der Waals surface area contributed by atoms with Crippen LogP contribution in [0.4, 0.5) is 19.0 Å². The van der Waals surface area contributed by atoms with Gasteiger partial charge in [-0.25, -0.2) is 4.98 Å². The van der Waals surface area contributed by atoms with Gasteiger partial charge in [0, 0.05) is 45.2 Å². The van der Waals surface area contributed by atoms with Crippen molar-refractivity contribution in [3.63, 3.8) is 0 Å². The van der Waals surface area contributed by atoms with Crippen LogP contribution in [0.25, 0.3) is 0 Å². The van der Waals surface area contributed by atoms with Crippen molar-refractivity contribution in [1.82, 2.24) is 14.8 Å². The Kier molecular flexibility index (Phi) is 7.22. The first-order valence-corrected chi connectivity index (χ1v) is 9.39. The minimum Gasteiger partial charge on any atom is -0.301 e. The third-order valence-corrected chi connectivity index (χ3v) is 4.76. The summed E-state index contributed by atoms with van der Waals surface area (Å²) in [7, 11) is 2.11. The number of hydrogen-bond acceptors (Lipinski definition) is 4. The van der Waals surface area contributed by atoms with Crippen LogP contribution < -0.4 is 4.90 Å². The zero-order valence-corrected chi connectivity index (χ0v) is 16.5. The second-order valence-electron chi connectivity index (χ2n) is 7.52. The van der Waals surface area contributed by atoms with Crippen LogP contribution in [-0.4, -0.2) is 66.5 Å². The molecule has 27 heavy (non-hydrogen) atoms. The summed E-state index contributed by atoms with van der Waals surface area (Å²) in [6.07, 6.45) is -4.31. The van der Waals surface area contributed by atoms with E-state index in [0.717, 1.165) is 25.7 Å². The maximum absolute atomic E-state index is 12.9. The molecule has 2 rings (SSSR count). The second-order valence-corrected chi connectivity index (χ2v) is 7.52. The largest absolute Gasteiger partial charge is 0.433 e. The van der Waals surface area contributed by atoms with Crippen molar-refractivity contribution >= 4 is 11.7 Å². The van der Waals surface area contributed by atoms with Crippen molar-refractivity contribution < 1.29 is 18.0 Å². The van der Waals surface area contributed by atoms with Gasteiger partial charge >= 0.3 is 6.18 Å². The van der Waals surface area contributed by atoms with Crippen LogP contribution >= 0.6 is 0 Å². The highest BCUT2D eigenvalue weighted by Crippen LogP contribution is 2.29. The fraction of sp³-hybridized carbons (Fsp3) is 0.684. The molecule has 0 atom stereocenters. The van der Waals surface area contributed by atoms with Crippen LogP contribution in [0.15, 0.2) is 18.2 Å². The topological polar surface area (TPSA) is 39.7 Å². The van der Waals surface area contributed by atoms with Crippen molar-refractivity contribution in [2.45, 2.75) is 39.4 Å². The molecule has 0 bridgehead atoms. The zero-order valence-electron chi connectivity index (χ0n) is 16.5. The number of likely N-dealkylation sites (N-methyl/N-ethyl adjacent to an activating group) is 1. The van der Waals surface area contributed by atoms with E-state index in [1.54, 1.807) is 6.92 Å². The quantitative estimate of drug-likeness (QED) is 0.688. The summed E-state index contributed by atoms with van der Waals surface area (Å²) < 4.78 is 38.8. The van der Waals surface area contributed by atoms with Gasteiger partial charge in [-0.05, 0) is 25.1 Å². The summed E-state index contributed by atoms with van der Waals surface area (Å²) in [6, 6.07) is 4.16. The fourth-order valence-corrected chi connectivity index (χ4v) is 3.26. The molecule has 1 aliphatic heterocycles. The van der Waals surface area contributed by atoms with Gasteiger partial charge < -0.3 is 4.90 Å². The van der Waals surface area contributed by atoms with E-state index >= 15 is 0 Å². The predicted molar refractivity (Wildman–Crippen MR) is 99.6 cm³/mol. The molecule has 1 saturated heterocycles. The maximum atomic E-state index is 12.9. The van der Waals surface area contributed by atoms with E-state index in [-0.39, 0.29) is 18.1 Å². The highest BCUT2D eigenvalue weighted by molar-refractivity contribution is 5.92. The summed E-state index contributed by atoms with van der Waals surface area (Å²) >= 11 is 0. The van der Waals surface area contributed by atoms with Gasteiger partial charge in [-0.2, -0.15) is 13.2 Å². The van der Waals surface area contributed by atoms with Crippen LogP contribution in [0, 0.1) is 5.92 Å². The number of carbonyl (C=O) groups is 1. The van der Waals surface area contributed by atoms with Crippen molar-refractivity contribution in [2.24, 2.45) is 5.92 Å². The molecule has 0 aromatic carbocycles. The van der Waals surface area contributed by atoms with Crippen LogP contribution in [0.5, 0.6) is 0 Å². The van der Waals surface area contributed by atoms with Gasteiger partial charge in [0.25, 0.3) is 0 Å². The third-order valence-electron chi connectivity index (χ3n) is 4.76. The van der Waals surface area contributed by atoms with Gasteiger partial charge in [-0.3, -0.25) is 14.6 Å². The molecule has 0 radical (unpaired) electrons. The van der Waals surface area contributed by atoms with Crippen molar-refractivity contribution in [3.8, 4) is 0 Å². The third kappa shape index (κ3) is 5.90. The van der Waals surface area contributed by atoms with Gasteiger partial charge in [0.15, 0.2) is 0 Å². The molecule has 1 fully saturated rings. The lowest BCUT2D eigenvalue weighted by molar-refractivity contribution is -0.141. The van der Waals surface area contributed by atoms with Gasteiger partial charge in [0.1, 0.15) is 11.5 Å². The molecule has 1 aromatic rings. The Morgan fingerprint density at radius 1 is 1.33 bits per heavy atom. The Labute approximate surface area is 159 Å². The van der Waals surface area contributed by atoms with E-state index in [1.807, 2.05) is 0 Å². The number of carbonyl (C=O) groups excluding carboxylic acids is 1. The maximum Gasteiger partial charge on any atom is 0.433 e. The number of pyridine rings is 1. The monoisotopic (exact) mass is 386 g/mol. The average molecular weight is 386 g/mol. The molecular formula is C19H29F3N4O. The lowest BCUT2D eigenvalue weighted by Crippen LogP contribution is -2.60. The van der Waals surface area contributed by atoms with E-state index < -0.39 is 11.9 Å². The van der Waals surface area contributed by atoms with E-state index in [4.69, 9.17) is 0 Å². The molecule has 1 amide bonds. The second kappa shape index (κ2) is 9.01. The number of likely N-dealkylation sites (tertiary alicyclic amines) is 1. The Morgan fingerprint density at radius 3 is 2.56 bits per heavy atom. The van der Waals surface area contributed by atoms with Gasteiger partial charge in [0.2, 0.25) is 5.91 Å². The van der Waals surface area contributed by atoms with Gasteiger partial charge in [-0.1, -0.05) is 26.8 Å². The Bertz CT molecular complexity index is 630. The van der Waals surface area contributed by atoms with Crippen LogP contribution in [0.3, 0.4) is 0 Å². The molecule has 0 unspecified atom stereocenters. The Hall–Kier alpha value is -1.67. The molecule has 152 valence electrons. The number of hydrogen-bond donors (Lipinski definition) is 0. The molecule has 0 N–H and O–H groups in total. The van der Waals surface area contributed by atoms with E-state index in [0.29, 0.717) is 25.0 Å². The molecular weight excluding hydrogens is 357 g/mol. The lowest BCUT2D eigenvalue weighted by Gasteiger charge is -2.45. The minimum absolute atomic E-state index is 0.0608. The molecule has 1 aromatic heterocycles. The van der Waals surface area contributed by atoms with Gasteiger partial charge in [0.05, 0.1) is 0 Å². The number of halogens is 3. The molecule has 1 aliphatic rings. The lowest BCUT2D eigenvalue weighted by atomic mass is 10.1. The highest BCUT2D eigenvalue weighted by Gasteiger charge is 2.34. The molecule has 2 heterocycles. The number of rotatable bonds is 8. The minimum atomic E-state index is -4.53. The summed E-state index contributed by atoms with van der Waals surface area (Å²) in [5.41, 5.74) is -0.978. The highest BCUT2D eigenvalue weighted by atomic mass is 19.4. The molecule has 0 aliphatic carbocycles. The molecule has 8 heteroatoms. The smallest absolute Gasteiger partial charge is 0.301 e. The molecule has 0 saturated carbocycles. The van der Waals surface area contributed by atoms with Crippen LogP contribution in [-0.2, 0) is 11.0 Å². The normalized spacial score (nSPS) is 16.0. The van der Waals surface area contributed by atoms with E-state index in [2.05, 4.69) is 35.7 Å². The molecule has 5 nitrogen and oxygen atoms in total. The predicted octanol–water partition coefficient (Wildman–Crippen LogP) is 3.12. The number of anilines is 1. The number of aromatic nitrogens is 1. The first kappa shape index (κ1) is 21.6. The van der Waals surface area contributed by atoms with E-state index in [9.17, 15) is 18.0 Å². The number of alkyl halides is 3. The van der Waals surface area contributed by atoms with Gasteiger partial charge in [-0.15, -0.1) is 0 Å². The SMILES string of the molecule is CCC(=O)N(CCN1CC(N(C)CC(C)C)C1)c1cccc(C(F)(F)F)n1. The van der Waals surface area contributed by atoms with Crippen LogP contribution in [0.1, 0.15) is 32.9 Å². The zero-order chi connectivity index (χ0) is 20.2. The van der Waals surface area contributed by atoms with Crippen molar-refractivity contribution in [2.75, 3.05) is 44.7 Å². The summed E-state index contributed by atoms with van der Waals surface area (Å²) in [4.78, 5) is 21.8. The first-order valence-electron chi connectivity index (χ1n) is 9.39. The number of nitrogens with zero attached hydrogens (tertiary/aromatic N) is 4. The Balaban J connectivity index is 1.96. The summed E-state index contributed by atoms with van der Waals surface area (Å²) in [6.45, 7) is 9.88. The number of amides is 1. The van der Waals surface area contributed by atoms with Crippen molar-refractivity contribution in [1.29, 1.82) is 0 Å². The summed E-state index contributed by atoms with van der Waals surface area (Å²) in [5.74, 6) is 0.440. The fourth-order valence-electron chi connectivity index (χ4n) is 3.26. The Morgan fingerprint density at radius 2 is 2.00 bits per heavy atom.